The van der Waals surface area contributed by atoms with Crippen LogP contribution in [-0.2, 0) is 14.3 Å². The van der Waals surface area contributed by atoms with Crippen molar-refractivity contribution in [3.63, 3.8) is 0 Å². The molecule has 0 saturated carbocycles. The molecule has 0 spiro atoms. The minimum absolute atomic E-state index is 0.0113. The van der Waals surface area contributed by atoms with E-state index in [0.29, 0.717) is 19.4 Å². The van der Waals surface area contributed by atoms with Crippen LogP contribution in [0.25, 0.3) is 0 Å². The molecule has 0 heterocycles. The van der Waals surface area contributed by atoms with Crippen molar-refractivity contribution < 1.29 is 24.5 Å². The minimum atomic E-state index is -0.851. The molecule has 2 unspecified atom stereocenters. The van der Waals surface area contributed by atoms with Crippen molar-refractivity contribution >= 4 is 11.9 Å². The first-order valence-corrected chi connectivity index (χ1v) is 34.6. The Morgan fingerprint density at radius 3 is 0.934 bits per heavy atom. The van der Waals surface area contributed by atoms with E-state index < -0.39 is 12.1 Å². The number of rotatable bonds is 65. The average molecular weight is 1070 g/mol. The molecule has 0 aliphatic heterocycles. The zero-order chi connectivity index (χ0) is 55.0. The number of amides is 1. The van der Waals surface area contributed by atoms with Gasteiger partial charge in [0.05, 0.1) is 25.4 Å². The third-order valence-corrected chi connectivity index (χ3v) is 16.2. The summed E-state index contributed by atoms with van der Waals surface area (Å²) in [6, 6.07) is -0.635. The highest BCUT2D eigenvalue weighted by Crippen LogP contribution is 2.18. The van der Waals surface area contributed by atoms with Crippen LogP contribution in [0.5, 0.6) is 0 Å². The van der Waals surface area contributed by atoms with Crippen molar-refractivity contribution in [3.05, 3.63) is 24.3 Å². The highest BCUT2D eigenvalue weighted by molar-refractivity contribution is 5.76. The molecule has 0 aromatic carbocycles. The van der Waals surface area contributed by atoms with Crippen LogP contribution in [0.15, 0.2) is 24.3 Å². The maximum Gasteiger partial charge on any atom is 0.305 e. The second kappa shape index (κ2) is 65.9. The number of allylic oxidation sites excluding steroid dienone is 3. The predicted octanol–water partition coefficient (Wildman–Crippen LogP) is 22.1. The van der Waals surface area contributed by atoms with Crippen LogP contribution >= 0.6 is 0 Å². The van der Waals surface area contributed by atoms with Gasteiger partial charge in [0.25, 0.3) is 0 Å². The number of aliphatic hydroxyl groups excluding tert-OH is 2. The number of hydrogen-bond donors (Lipinski definition) is 3. The Labute approximate surface area is 475 Å². The van der Waals surface area contributed by atoms with E-state index in [9.17, 15) is 19.8 Å². The van der Waals surface area contributed by atoms with Gasteiger partial charge in [-0.25, -0.2) is 0 Å². The fraction of sp³-hybridized carbons (Fsp3) is 0.914. The number of carbonyl (C=O) groups is 2. The number of ether oxygens (including phenoxy) is 1. The SMILES string of the molecule is CCCCCCCCCCCCCCCCCCCCCCC/C=C/C(O)C(CO)NC(=O)CCCCCCCCC/C=C\CCCCCCCCCCCCOC(=O)CCCCCCCCCCCCCCCCC. The molecule has 0 aliphatic carbocycles. The van der Waals surface area contributed by atoms with Crippen molar-refractivity contribution in [2.45, 2.75) is 398 Å². The standard InChI is InChI=1S/C70H135NO5/c1-3-5-7-9-11-13-15-17-19-20-21-22-23-25-28-31-35-38-42-46-50-54-58-62-68(73)67(66-72)71-69(74)63-59-55-51-47-43-39-36-32-29-26-24-27-30-33-37-41-45-49-53-57-61-65-76-70(75)64-60-56-52-48-44-40-34-18-16-14-12-10-8-6-4-2/h26,29,58,62,67-68,72-73H,3-25,27-28,30-57,59-61,63-66H2,1-2H3,(H,71,74)/b29-26-,62-58+. The molecule has 0 saturated heterocycles. The number of esters is 1. The summed E-state index contributed by atoms with van der Waals surface area (Å²) in [5, 5.41) is 23.2. The molecule has 0 aromatic rings. The summed E-state index contributed by atoms with van der Waals surface area (Å²) in [6.07, 6.45) is 82.4. The molecule has 76 heavy (non-hydrogen) atoms. The molecule has 2 atom stereocenters. The number of carbonyl (C=O) groups excluding carboxylic acids is 2. The lowest BCUT2D eigenvalue weighted by Crippen LogP contribution is -2.45. The summed E-state index contributed by atoms with van der Waals surface area (Å²) in [5.74, 6) is -0.0603. The molecule has 450 valence electrons. The number of hydrogen-bond acceptors (Lipinski definition) is 5. The summed E-state index contributed by atoms with van der Waals surface area (Å²) < 4.78 is 5.49. The summed E-state index contributed by atoms with van der Waals surface area (Å²) in [6.45, 7) is 4.94. The Morgan fingerprint density at radius 1 is 0.355 bits per heavy atom. The first-order chi connectivity index (χ1) is 37.5. The largest absolute Gasteiger partial charge is 0.466 e. The first kappa shape index (κ1) is 74.3. The molecule has 0 aliphatic rings. The van der Waals surface area contributed by atoms with Gasteiger partial charge in [-0.2, -0.15) is 0 Å². The monoisotopic (exact) mass is 1070 g/mol. The van der Waals surface area contributed by atoms with Gasteiger partial charge in [0, 0.05) is 12.8 Å². The van der Waals surface area contributed by atoms with Gasteiger partial charge < -0.3 is 20.3 Å². The van der Waals surface area contributed by atoms with Crippen molar-refractivity contribution in [1.29, 1.82) is 0 Å². The van der Waals surface area contributed by atoms with Gasteiger partial charge in [0.1, 0.15) is 0 Å². The van der Waals surface area contributed by atoms with Crippen molar-refractivity contribution in [2.75, 3.05) is 13.2 Å². The van der Waals surface area contributed by atoms with E-state index in [1.165, 1.54) is 315 Å². The van der Waals surface area contributed by atoms with Crippen molar-refractivity contribution in [2.24, 2.45) is 0 Å². The zero-order valence-electron chi connectivity index (χ0n) is 51.5. The summed E-state index contributed by atoms with van der Waals surface area (Å²) >= 11 is 0. The van der Waals surface area contributed by atoms with Gasteiger partial charge in [0.2, 0.25) is 5.91 Å². The highest BCUT2D eigenvalue weighted by atomic mass is 16.5. The van der Waals surface area contributed by atoms with E-state index in [1.54, 1.807) is 6.08 Å². The minimum Gasteiger partial charge on any atom is -0.466 e. The third kappa shape index (κ3) is 61.6. The Morgan fingerprint density at radius 2 is 0.618 bits per heavy atom. The Kier molecular flexibility index (Phi) is 64.4. The van der Waals surface area contributed by atoms with Crippen LogP contribution in [0, 0.1) is 0 Å². The number of aliphatic hydroxyl groups is 2. The Balaban J connectivity index is 3.44. The Hall–Kier alpha value is -1.66. The highest BCUT2D eigenvalue weighted by Gasteiger charge is 2.18. The van der Waals surface area contributed by atoms with E-state index in [1.807, 2.05) is 6.08 Å². The fourth-order valence-electron chi connectivity index (χ4n) is 10.9. The van der Waals surface area contributed by atoms with Crippen LogP contribution in [0.2, 0.25) is 0 Å². The van der Waals surface area contributed by atoms with Crippen LogP contribution in [0.1, 0.15) is 386 Å². The van der Waals surface area contributed by atoms with E-state index in [2.05, 4.69) is 31.3 Å². The van der Waals surface area contributed by atoms with Gasteiger partial charge in [-0.15, -0.1) is 0 Å². The molecule has 0 fully saturated rings. The predicted molar refractivity (Wildman–Crippen MR) is 333 cm³/mol. The van der Waals surface area contributed by atoms with Gasteiger partial charge in [-0.3, -0.25) is 9.59 Å². The van der Waals surface area contributed by atoms with Gasteiger partial charge in [0.15, 0.2) is 0 Å². The summed E-state index contributed by atoms with van der Waals surface area (Å²) in [4.78, 5) is 24.6. The molecule has 0 radical (unpaired) electrons. The number of unbranched alkanes of at least 4 members (excludes halogenated alkanes) is 52. The van der Waals surface area contributed by atoms with Gasteiger partial charge in [-0.1, -0.05) is 340 Å². The van der Waals surface area contributed by atoms with Crippen molar-refractivity contribution in [3.8, 4) is 0 Å². The van der Waals surface area contributed by atoms with Crippen molar-refractivity contribution in [1.82, 2.24) is 5.32 Å². The third-order valence-electron chi connectivity index (χ3n) is 16.2. The quantitative estimate of drug-likeness (QED) is 0.0320. The van der Waals surface area contributed by atoms with Crippen LogP contribution < -0.4 is 5.32 Å². The molecule has 1 amide bonds. The van der Waals surface area contributed by atoms with Crippen LogP contribution in [0.3, 0.4) is 0 Å². The molecule has 0 rings (SSSR count). The average Bonchev–Trinajstić information content (AvgIpc) is 3.42. The Bertz CT molecular complexity index is 1190. The maximum absolute atomic E-state index is 12.5. The molecule has 3 N–H and O–H groups in total. The smallest absolute Gasteiger partial charge is 0.305 e. The first-order valence-electron chi connectivity index (χ1n) is 34.6. The van der Waals surface area contributed by atoms with E-state index >= 15 is 0 Å². The van der Waals surface area contributed by atoms with Crippen LogP contribution in [-0.4, -0.2) is 47.4 Å². The van der Waals surface area contributed by atoms with E-state index in [4.69, 9.17) is 4.74 Å². The topological polar surface area (TPSA) is 95.9 Å². The second-order valence-electron chi connectivity index (χ2n) is 23.9. The zero-order valence-corrected chi connectivity index (χ0v) is 51.5. The molecule has 6 nitrogen and oxygen atoms in total. The summed E-state index contributed by atoms with van der Waals surface area (Å²) in [7, 11) is 0. The van der Waals surface area contributed by atoms with Gasteiger partial charge in [-0.05, 0) is 57.8 Å². The molecular weight excluding hydrogens is 935 g/mol. The molecule has 0 bridgehead atoms. The summed E-state index contributed by atoms with van der Waals surface area (Å²) in [5.41, 5.74) is 0. The molecular formula is C70H135NO5. The lowest BCUT2D eigenvalue weighted by molar-refractivity contribution is -0.143. The van der Waals surface area contributed by atoms with Gasteiger partial charge >= 0.3 is 5.97 Å². The van der Waals surface area contributed by atoms with E-state index in [-0.39, 0.29) is 18.5 Å². The fourth-order valence-corrected chi connectivity index (χ4v) is 10.9. The van der Waals surface area contributed by atoms with E-state index in [0.717, 1.165) is 44.9 Å². The molecule has 0 aromatic heterocycles. The molecule has 6 heteroatoms. The lowest BCUT2D eigenvalue weighted by Gasteiger charge is -2.20. The second-order valence-corrected chi connectivity index (χ2v) is 23.9. The van der Waals surface area contributed by atoms with Crippen LogP contribution in [0.4, 0.5) is 0 Å². The number of nitrogens with one attached hydrogen (secondary N) is 1. The maximum atomic E-state index is 12.5. The lowest BCUT2D eigenvalue weighted by atomic mass is 10.0. The normalized spacial score (nSPS) is 12.6.